The highest BCUT2D eigenvalue weighted by molar-refractivity contribution is 7.93. The van der Waals surface area contributed by atoms with Crippen LogP contribution in [-0.4, -0.2) is 18.4 Å². The van der Waals surface area contributed by atoms with Crippen molar-refractivity contribution in [2.75, 3.05) is 4.31 Å². The van der Waals surface area contributed by atoms with E-state index in [2.05, 4.69) is 9.97 Å². The fourth-order valence-corrected chi connectivity index (χ4v) is 4.54. The predicted octanol–water partition coefficient (Wildman–Crippen LogP) is 3.93. The molecule has 136 valence electrons. The lowest BCUT2D eigenvalue weighted by Gasteiger charge is -2.23. The third-order valence-corrected chi connectivity index (χ3v) is 6.09. The van der Waals surface area contributed by atoms with Crippen LogP contribution < -0.4 is 4.31 Å². The molecule has 0 aliphatic heterocycles. The van der Waals surface area contributed by atoms with Crippen molar-refractivity contribution in [3.63, 3.8) is 0 Å². The summed E-state index contributed by atoms with van der Waals surface area (Å²) in [4.78, 5) is 8.77. The molecule has 4 aromatic rings. The molecule has 0 bridgehead atoms. The van der Waals surface area contributed by atoms with Crippen molar-refractivity contribution < 1.29 is 12.8 Å². The number of nitrogens with zero attached hydrogens (tertiary/aromatic N) is 3. The molecule has 0 N–H and O–H groups in total. The first-order chi connectivity index (χ1) is 13.1. The van der Waals surface area contributed by atoms with Crippen LogP contribution in [-0.2, 0) is 16.6 Å². The van der Waals surface area contributed by atoms with Gasteiger partial charge in [0.25, 0.3) is 10.0 Å². The highest BCUT2D eigenvalue weighted by Crippen LogP contribution is 2.30. The number of hydrogen-bond acceptors (Lipinski definition) is 5. The Balaban J connectivity index is 1.90. The largest absolute Gasteiger partial charge is 0.467 e. The summed E-state index contributed by atoms with van der Waals surface area (Å²) >= 11 is 0. The van der Waals surface area contributed by atoms with Crippen molar-refractivity contribution in [1.29, 1.82) is 0 Å². The van der Waals surface area contributed by atoms with Gasteiger partial charge in [-0.25, -0.2) is 17.7 Å². The van der Waals surface area contributed by atoms with Crippen LogP contribution in [0.2, 0.25) is 0 Å². The molecule has 0 atom stereocenters. The molecule has 6 nitrogen and oxygen atoms in total. The summed E-state index contributed by atoms with van der Waals surface area (Å²) in [5.41, 5.74) is 1.58. The Morgan fingerprint density at radius 2 is 1.81 bits per heavy atom. The monoisotopic (exact) mass is 379 g/mol. The average Bonchev–Trinajstić information content (AvgIpc) is 3.20. The lowest BCUT2D eigenvalue weighted by Crippen LogP contribution is -2.31. The summed E-state index contributed by atoms with van der Waals surface area (Å²) < 4.78 is 33.8. The smallest absolute Gasteiger partial charge is 0.266 e. The first kappa shape index (κ1) is 17.2. The third-order valence-electron chi connectivity index (χ3n) is 4.28. The second kappa shape index (κ2) is 6.85. The molecule has 0 amide bonds. The van der Waals surface area contributed by atoms with Crippen LogP contribution in [0.4, 0.5) is 5.82 Å². The summed E-state index contributed by atoms with van der Waals surface area (Å²) in [5, 5.41) is 0.581. The van der Waals surface area contributed by atoms with E-state index in [1.165, 1.54) is 10.6 Å². The van der Waals surface area contributed by atoms with E-state index in [9.17, 15) is 8.42 Å². The normalized spacial score (nSPS) is 11.6. The van der Waals surface area contributed by atoms with E-state index in [-0.39, 0.29) is 11.4 Å². The molecule has 0 radical (unpaired) electrons. The van der Waals surface area contributed by atoms with E-state index >= 15 is 0 Å². The van der Waals surface area contributed by atoms with E-state index in [1.807, 2.05) is 6.92 Å². The maximum Gasteiger partial charge on any atom is 0.266 e. The second-order valence-electron chi connectivity index (χ2n) is 6.06. The van der Waals surface area contributed by atoms with E-state index in [1.54, 1.807) is 67.0 Å². The molecular weight excluding hydrogens is 362 g/mol. The zero-order chi connectivity index (χ0) is 18.9. The molecule has 3 aromatic heterocycles. The molecule has 4 rings (SSSR count). The van der Waals surface area contributed by atoms with Crippen molar-refractivity contribution in [2.45, 2.75) is 18.4 Å². The Hall–Kier alpha value is -3.19. The number of hydrogen-bond donors (Lipinski definition) is 0. The van der Waals surface area contributed by atoms with Crippen molar-refractivity contribution in [2.24, 2.45) is 0 Å². The molecule has 0 saturated heterocycles. The van der Waals surface area contributed by atoms with Crippen LogP contribution in [0.25, 0.3) is 10.9 Å². The quantitative estimate of drug-likeness (QED) is 0.525. The Bertz CT molecular complexity index is 1170. The number of aryl methyl sites for hydroxylation is 1. The first-order valence-electron chi connectivity index (χ1n) is 8.38. The van der Waals surface area contributed by atoms with Gasteiger partial charge in [-0.15, -0.1) is 0 Å². The van der Waals surface area contributed by atoms with Gasteiger partial charge in [-0.2, -0.15) is 0 Å². The fraction of sp³-hybridized carbons (Fsp3) is 0.100. The van der Waals surface area contributed by atoms with Crippen molar-refractivity contribution >= 4 is 26.7 Å². The van der Waals surface area contributed by atoms with Gasteiger partial charge in [-0.05, 0) is 55.0 Å². The minimum Gasteiger partial charge on any atom is -0.467 e. The lowest BCUT2D eigenvalue weighted by molar-refractivity contribution is 0.508. The van der Waals surface area contributed by atoms with Gasteiger partial charge >= 0.3 is 0 Å². The van der Waals surface area contributed by atoms with Gasteiger partial charge < -0.3 is 4.42 Å². The molecule has 3 heterocycles. The number of fused-ring (bicyclic) bond motifs is 1. The van der Waals surface area contributed by atoms with Crippen molar-refractivity contribution in [1.82, 2.24) is 9.97 Å². The van der Waals surface area contributed by atoms with Gasteiger partial charge in [0.15, 0.2) is 0 Å². The van der Waals surface area contributed by atoms with Crippen molar-refractivity contribution in [3.8, 4) is 0 Å². The van der Waals surface area contributed by atoms with Gasteiger partial charge in [-0.1, -0.05) is 12.1 Å². The highest BCUT2D eigenvalue weighted by Gasteiger charge is 2.29. The van der Waals surface area contributed by atoms with E-state index in [4.69, 9.17) is 4.42 Å². The maximum atomic E-state index is 13.6. The molecule has 0 fully saturated rings. The Morgan fingerprint density at radius 3 is 2.56 bits per heavy atom. The number of furan rings is 1. The summed E-state index contributed by atoms with van der Waals surface area (Å²) in [6.07, 6.45) is 4.74. The number of pyridine rings is 2. The summed E-state index contributed by atoms with van der Waals surface area (Å²) in [5.74, 6) is 0.852. The SMILES string of the molecule is Cc1ccc(S(=O)(=O)N(Cc2ccco2)c2ccccn2)c2cccnc12. The molecule has 0 aliphatic carbocycles. The molecule has 0 spiro atoms. The highest BCUT2D eigenvalue weighted by atomic mass is 32.2. The van der Waals surface area contributed by atoms with Gasteiger partial charge in [0.05, 0.1) is 23.2 Å². The topological polar surface area (TPSA) is 76.3 Å². The molecule has 7 heteroatoms. The number of benzene rings is 1. The number of anilines is 1. The van der Waals surface area contributed by atoms with Gasteiger partial charge in [0.2, 0.25) is 0 Å². The Morgan fingerprint density at radius 1 is 0.963 bits per heavy atom. The third kappa shape index (κ3) is 3.17. The maximum absolute atomic E-state index is 13.6. The van der Waals surface area contributed by atoms with Gasteiger partial charge in [0.1, 0.15) is 11.6 Å². The molecule has 0 saturated carbocycles. The van der Waals surface area contributed by atoms with Gasteiger partial charge in [0, 0.05) is 17.8 Å². The molecule has 27 heavy (non-hydrogen) atoms. The zero-order valence-electron chi connectivity index (χ0n) is 14.6. The van der Waals surface area contributed by atoms with Crippen molar-refractivity contribution in [3.05, 3.63) is 84.6 Å². The Labute approximate surface area is 157 Å². The van der Waals surface area contributed by atoms with Crippen LogP contribution in [0.3, 0.4) is 0 Å². The molecule has 1 aromatic carbocycles. The van der Waals surface area contributed by atoms with Gasteiger partial charge in [-0.3, -0.25) is 4.98 Å². The van der Waals surface area contributed by atoms with E-state index < -0.39 is 10.0 Å². The number of rotatable bonds is 5. The average molecular weight is 379 g/mol. The number of sulfonamides is 1. The molecular formula is C20H17N3O3S. The fourth-order valence-electron chi connectivity index (χ4n) is 2.97. The van der Waals surface area contributed by atoms with Crippen LogP contribution in [0.5, 0.6) is 0 Å². The second-order valence-corrected chi connectivity index (χ2v) is 7.89. The molecule has 0 unspecified atom stereocenters. The predicted molar refractivity (Wildman–Crippen MR) is 103 cm³/mol. The van der Waals surface area contributed by atoms with E-state index in [0.717, 1.165) is 5.56 Å². The Kier molecular flexibility index (Phi) is 4.37. The summed E-state index contributed by atoms with van der Waals surface area (Å²) in [6.45, 7) is 1.95. The molecule has 0 aliphatic rings. The first-order valence-corrected chi connectivity index (χ1v) is 9.82. The lowest BCUT2D eigenvalue weighted by atomic mass is 10.1. The van der Waals surface area contributed by atoms with E-state index in [0.29, 0.717) is 22.5 Å². The van der Waals surface area contributed by atoms with Crippen LogP contribution in [0, 0.1) is 6.92 Å². The zero-order valence-corrected chi connectivity index (χ0v) is 15.4. The van der Waals surface area contributed by atoms with Crippen LogP contribution in [0.15, 0.2) is 82.6 Å². The minimum absolute atomic E-state index is 0.0436. The minimum atomic E-state index is -3.90. The summed E-state index contributed by atoms with van der Waals surface area (Å²) in [7, 11) is -3.90. The summed E-state index contributed by atoms with van der Waals surface area (Å²) in [6, 6.07) is 15.5. The van der Waals surface area contributed by atoms with Crippen LogP contribution >= 0.6 is 0 Å². The number of aromatic nitrogens is 2. The standard InChI is InChI=1S/C20H17N3O3S/c1-15-9-10-18(17-7-4-12-22-20(15)17)27(24,25)23(14-16-6-5-13-26-16)19-8-2-3-11-21-19/h2-13H,14H2,1H3. The van der Waals surface area contributed by atoms with Crippen LogP contribution in [0.1, 0.15) is 11.3 Å².